The summed E-state index contributed by atoms with van der Waals surface area (Å²) < 4.78 is 0. The van der Waals surface area contributed by atoms with Crippen molar-refractivity contribution in [1.82, 2.24) is 0 Å². The Kier molecular flexibility index (Phi) is 4.71. The zero-order valence-electron chi connectivity index (χ0n) is 12.2. The molecule has 2 aromatic carbocycles. The lowest BCUT2D eigenvalue weighted by molar-refractivity contribution is 0.0995. The second-order valence-corrected chi connectivity index (χ2v) is 6.35. The van der Waals surface area contributed by atoms with Crippen molar-refractivity contribution in [1.29, 1.82) is 0 Å². The number of alkyl halides is 1. The number of rotatable bonds is 3. The van der Waals surface area contributed by atoms with Crippen molar-refractivity contribution >= 4 is 40.1 Å². The maximum Gasteiger partial charge on any atom is 0.279 e. The molecule has 0 aliphatic carbocycles. The summed E-state index contributed by atoms with van der Waals surface area (Å²) >= 11 is 7.29. The molecular formula is C17H15ClN2O2S. The number of hydrogen-bond donors (Lipinski definition) is 1. The summed E-state index contributed by atoms with van der Waals surface area (Å²) in [4.78, 5) is 18.2. The van der Waals surface area contributed by atoms with Crippen LogP contribution in [0.15, 0.2) is 65.7 Å². The lowest BCUT2D eigenvalue weighted by Crippen LogP contribution is -2.49. The van der Waals surface area contributed by atoms with E-state index in [1.165, 1.54) is 11.8 Å². The summed E-state index contributed by atoms with van der Waals surface area (Å²) in [6.45, 7) is 0. The van der Waals surface area contributed by atoms with Crippen molar-refractivity contribution in [3.63, 3.8) is 0 Å². The second-order valence-electron chi connectivity index (χ2n) is 5.14. The van der Waals surface area contributed by atoms with Gasteiger partial charge in [0.15, 0.2) is 10.9 Å². The topological polar surface area (TPSA) is 52.9 Å². The average Bonchev–Trinajstić information content (AvgIpc) is 2.93. The second kappa shape index (κ2) is 6.74. The van der Waals surface area contributed by atoms with E-state index in [-0.39, 0.29) is 11.8 Å². The van der Waals surface area contributed by atoms with Gasteiger partial charge in [-0.1, -0.05) is 48.2 Å². The number of hydrogen-bond acceptors (Lipinski definition) is 3. The van der Waals surface area contributed by atoms with Gasteiger partial charge in [-0.2, -0.15) is 4.99 Å². The molecule has 1 unspecified atom stereocenters. The van der Waals surface area contributed by atoms with Crippen LogP contribution in [0.1, 0.15) is 10.4 Å². The fourth-order valence-electron chi connectivity index (χ4n) is 2.33. The number of para-hydroxylation sites is 1. The summed E-state index contributed by atoms with van der Waals surface area (Å²) in [7, 11) is 0. The minimum Gasteiger partial charge on any atom is -0.368 e. The van der Waals surface area contributed by atoms with E-state index in [0.717, 1.165) is 5.69 Å². The third kappa shape index (κ3) is 3.27. The highest BCUT2D eigenvalue weighted by Crippen LogP contribution is 2.36. The highest BCUT2D eigenvalue weighted by molar-refractivity contribution is 8.14. The number of carbonyl (C=O) groups is 1. The molecule has 2 aromatic rings. The van der Waals surface area contributed by atoms with E-state index in [9.17, 15) is 9.90 Å². The minimum absolute atomic E-state index is 0.0213. The Hall–Kier alpha value is -1.82. The third-order valence-corrected chi connectivity index (χ3v) is 5.05. The number of aliphatic hydroxyl groups is 1. The first kappa shape index (κ1) is 16.1. The quantitative estimate of drug-likeness (QED) is 0.866. The highest BCUT2D eigenvalue weighted by Gasteiger charge is 2.44. The molecule has 4 nitrogen and oxygen atoms in total. The molecule has 1 N–H and O–H groups in total. The molecule has 1 aliphatic heterocycles. The average molecular weight is 347 g/mol. The van der Waals surface area contributed by atoms with Gasteiger partial charge in [0, 0.05) is 11.3 Å². The molecule has 0 aromatic heterocycles. The van der Waals surface area contributed by atoms with Gasteiger partial charge in [-0.05, 0) is 24.3 Å². The van der Waals surface area contributed by atoms with Crippen molar-refractivity contribution in [2.45, 2.75) is 5.72 Å². The van der Waals surface area contributed by atoms with Crippen LogP contribution >= 0.6 is 23.4 Å². The Morgan fingerprint density at radius 2 is 1.78 bits per heavy atom. The van der Waals surface area contributed by atoms with Crippen molar-refractivity contribution in [2.24, 2.45) is 4.99 Å². The Bertz CT molecular complexity index is 724. The van der Waals surface area contributed by atoms with E-state index in [1.54, 1.807) is 29.2 Å². The Morgan fingerprint density at radius 3 is 2.39 bits per heavy atom. The molecular weight excluding hydrogens is 332 g/mol. The van der Waals surface area contributed by atoms with E-state index < -0.39 is 5.72 Å². The fraction of sp³-hybridized carbons (Fsp3) is 0.176. The number of nitrogens with zero attached hydrogens (tertiary/aromatic N) is 2. The number of benzene rings is 2. The SMILES string of the molecule is O=C(N=C1SCC(O)(CCl)N1c1ccccc1)c1ccccc1. The lowest BCUT2D eigenvalue weighted by atomic mass is 10.2. The van der Waals surface area contributed by atoms with Crippen LogP contribution in [-0.2, 0) is 0 Å². The first-order valence-corrected chi connectivity index (χ1v) is 8.60. The predicted molar refractivity (Wildman–Crippen MR) is 95.3 cm³/mol. The first-order valence-electron chi connectivity index (χ1n) is 7.08. The van der Waals surface area contributed by atoms with Crippen LogP contribution in [-0.4, -0.2) is 33.5 Å². The summed E-state index contributed by atoms with van der Waals surface area (Å²) in [6, 6.07) is 18.2. The van der Waals surface area contributed by atoms with Gasteiger partial charge < -0.3 is 5.11 Å². The molecule has 1 saturated heterocycles. The smallest absolute Gasteiger partial charge is 0.279 e. The van der Waals surface area contributed by atoms with E-state index in [2.05, 4.69) is 4.99 Å². The third-order valence-electron chi connectivity index (χ3n) is 3.49. The molecule has 0 spiro atoms. The fourth-order valence-corrected chi connectivity index (χ4v) is 3.80. The summed E-state index contributed by atoms with van der Waals surface area (Å²) in [5.41, 5.74) is -0.00111. The van der Waals surface area contributed by atoms with Crippen molar-refractivity contribution in [3.05, 3.63) is 66.2 Å². The van der Waals surface area contributed by atoms with Crippen LogP contribution in [0.25, 0.3) is 0 Å². The van der Waals surface area contributed by atoms with Gasteiger partial charge in [-0.3, -0.25) is 9.69 Å². The van der Waals surface area contributed by atoms with Gasteiger partial charge in [-0.15, -0.1) is 11.6 Å². The molecule has 1 amide bonds. The van der Waals surface area contributed by atoms with Gasteiger partial charge in [0.05, 0.1) is 11.6 Å². The molecule has 1 aliphatic rings. The molecule has 0 saturated carbocycles. The highest BCUT2D eigenvalue weighted by atomic mass is 35.5. The normalized spacial score (nSPS) is 22.5. The largest absolute Gasteiger partial charge is 0.368 e. The van der Waals surface area contributed by atoms with E-state index in [0.29, 0.717) is 16.5 Å². The van der Waals surface area contributed by atoms with Crippen molar-refractivity contribution in [2.75, 3.05) is 16.5 Å². The van der Waals surface area contributed by atoms with E-state index >= 15 is 0 Å². The summed E-state index contributed by atoms with van der Waals surface area (Å²) in [5, 5.41) is 11.2. The number of thioether (sulfide) groups is 1. The maximum absolute atomic E-state index is 12.3. The summed E-state index contributed by atoms with van der Waals surface area (Å²) in [6.07, 6.45) is 0. The number of anilines is 1. The zero-order chi connectivity index (χ0) is 16.3. The van der Waals surface area contributed by atoms with Gasteiger partial charge in [0.2, 0.25) is 0 Å². The van der Waals surface area contributed by atoms with E-state index in [1.807, 2.05) is 36.4 Å². The molecule has 0 bridgehead atoms. The number of amidine groups is 1. The maximum atomic E-state index is 12.3. The van der Waals surface area contributed by atoms with Gasteiger partial charge in [0.1, 0.15) is 0 Å². The molecule has 1 fully saturated rings. The lowest BCUT2D eigenvalue weighted by Gasteiger charge is -2.32. The molecule has 0 radical (unpaired) electrons. The van der Waals surface area contributed by atoms with Gasteiger partial charge >= 0.3 is 0 Å². The Labute approximate surface area is 143 Å². The number of amides is 1. The van der Waals surface area contributed by atoms with Crippen LogP contribution in [0, 0.1) is 0 Å². The van der Waals surface area contributed by atoms with Crippen molar-refractivity contribution < 1.29 is 9.90 Å². The van der Waals surface area contributed by atoms with Gasteiger partial charge in [-0.25, -0.2) is 0 Å². The number of halogens is 1. The van der Waals surface area contributed by atoms with Crippen LogP contribution in [0.3, 0.4) is 0 Å². The number of carbonyl (C=O) groups excluding carboxylic acids is 1. The zero-order valence-corrected chi connectivity index (χ0v) is 13.8. The Balaban J connectivity index is 1.98. The molecule has 3 rings (SSSR count). The molecule has 6 heteroatoms. The monoisotopic (exact) mass is 346 g/mol. The van der Waals surface area contributed by atoms with Crippen LogP contribution < -0.4 is 4.90 Å². The molecule has 1 atom stereocenters. The van der Waals surface area contributed by atoms with E-state index in [4.69, 9.17) is 11.6 Å². The Morgan fingerprint density at radius 1 is 1.17 bits per heavy atom. The van der Waals surface area contributed by atoms with Crippen LogP contribution in [0.2, 0.25) is 0 Å². The first-order chi connectivity index (χ1) is 11.1. The standard InChI is InChI=1S/C17H15ClN2O2S/c18-11-17(22)12-23-16(20(17)14-9-5-2-6-10-14)19-15(21)13-7-3-1-4-8-13/h1-10,22H,11-12H2. The van der Waals surface area contributed by atoms with Gasteiger partial charge in [0.25, 0.3) is 5.91 Å². The van der Waals surface area contributed by atoms with Crippen LogP contribution in [0.4, 0.5) is 5.69 Å². The number of aliphatic imine (C=N–C) groups is 1. The van der Waals surface area contributed by atoms with Crippen molar-refractivity contribution in [3.8, 4) is 0 Å². The molecule has 1 heterocycles. The minimum atomic E-state index is -1.26. The van der Waals surface area contributed by atoms with Crippen LogP contribution in [0.5, 0.6) is 0 Å². The summed E-state index contributed by atoms with van der Waals surface area (Å²) in [5.74, 6) is 0.0348. The molecule has 23 heavy (non-hydrogen) atoms. The predicted octanol–water partition coefficient (Wildman–Crippen LogP) is 3.36. The molecule has 118 valence electrons.